The molecule has 0 atom stereocenters. The molecule has 0 amide bonds. The molecule has 0 aliphatic carbocycles. The second kappa shape index (κ2) is 7.27. The van der Waals surface area contributed by atoms with Gasteiger partial charge in [0.05, 0.1) is 13.2 Å². The molecule has 4 heteroatoms. The molecule has 0 N–H and O–H groups in total. The zero-order valence-corrected chi connectivity index (χ0v) is 14.0. The Balaban J connectivity index is 2.78. The molecule has 0 spiro atoms. The molecule has 1 rings (SSSR count). The average molecular weight is 331 g/mol. The maximum Gasteiger partial charge on any atom is 0.189 e. The van der Waals surface area contributed by atoms with E-state index in [0.29, 0.717) is 13.2 Å². The van der Waals surface area contributed by atoms with Gasteiger partial charge in [-0.2, -0.15) is 0 Å². The number of hydrogen-bond donors (Lipinski definition) is 0. The summed E-state index contributed by atoms with van der Waals surface area (Å²) < 4.78 is 17.1. The predicted octanol–water partition coefficient (Wildman–Crippen LogP) is 4.05. The van der Waals surface area contributed by atoms with Crippen LogP contribution >= 0.6 is 15.9 Å². The van der Waals surface area contributed by atoms with Crippen molar-refractivity contribution in [1.29, 1.82) is 0 Å². The van der Waals surface area contributed by atoms with E-state index in [9.17, 15) is 0 Å². The highest BCUT2D eigenvalue weighted by Gasteiger charge is 2.20. The van der Waals surface area contributed by atoms with Crippen molar-refractivity contribution in [2.75, 3.05) is 27.1 Å². The second-order valence-electron chi connectivity index (χ2n) is 5.51. The van der Waals surface area contributed by atoms with Crippen molar-refractivity contribution >= 4 is 15.9 Å². The molecular formula is C15H23BrO3. The summed E-state index contributed by atoms with van der Waals surface area (Å²) in [4.78, 5) is 0. The van der Waals surface area contributed by atoms with E-state index in [1.165, 1.54) is 5.56 Å². The van der Waals surface area contributed by atoms with Gasteiger partial charge in [-0.25, -0.2) is 0 Å². The van der Waals surface area contributed by atoms with E-state index < -0.39 is 0 Å². The molecule has 0 aliphatic rings. The van der Waals surface area contributed by atoms with Crippen LogP contribution in [0.2, 0.25) is 0 Å². The van der Waals surface area contributed by atoms with Crippen LogP contribution in [0.25, 0.3) is 0 Å². The van der Waals surface area contributed by atoms with Gasteiger partial charge in [-0.1, -0.05) is 36.7 Å². The van der Waals surface area contributed by atoms with Gasteiger partial charge in [-0.3, -0.25) is 0 Å². The molecule has 1 aromatic carbocycles. The Kier molecular flexibility index (Phi) is 6.30. The fraction of sp³-hybridized carbons (Fsp3) is 0.600. The highest BCUT2D eigenvalue weighted by Crippen LogP contribution is 2.35. The quantitative estimate of drug-likeness (QED) is 0.581. The zero-order valence-electron chi connectivity index (χ0n) is 12.4. The minimum Gasteiger partial charge on any atom is -0.467 e. The lowest BCUT2D eigenvalue weighted by Crippen LogP contribution is -2.15. The van der Waals surface area contributed by atoms with Crippen LogP contribution in [0.15, 0.2) is 16.6 Å². The van der Waals surface area contributed by atoms with Gasteiger partial charge in [-0.15, -0.1) is 0 Å². The summed E-state index contributed by atoms with van der Waals surface area (Å²) in [6, 6.07) is 4.17. The predicted molar refractivity (Wildman–Crippen MR) is 80.9 cm³/mol. The van der Waals surface area contributed by atoms with Gasteiger partial charge in [-0.05, 0) is 30.0 Å². The first-order valence-corrected chi connectivity index (χ1v) is 7.15. The van der Waals surface area contributed by atoms with Gasteiger partial charge in [0.15, 0.2) is 6.79 Å². The van der Waals surface area contributed by atoms with E-state index in [-0.39, 0.29) is 12.2 Å². The smallest absolute Gasteiger partial charge is 0.189 e. The molecule has 0 bridgehead atoms. The highest BCUT2D eigenvalue weighted by atomic mass is 79.9. The molecule has 0 radical (unpaired) electrons. The lowest BCUT2D eigenvalue weighted by atomic mass is 9.86. The van der Waals surface area contributed by atoms with Gasteiger partial charge in [0.25, 0.3) is 0 Å². The lowest BCUT2D eigenvalue weighted by Gasteiger charge is -2.24. The molecule has 1 aromatic rings. The van der Waals surface area contributed by atoms with Crippen LogP contribution in [-0.4, -0.2) is 27.1 Å². The van der Waals surface area contributed by atoms with E-state index in [4.69, 9.17) is 14.2 Å². The van der Waals surface area contributed by atoms with Crippen molar-refractivity contribution in [3.05, 3.63) is 27.7 Å². The molecule has 0 aromatic heterocycles. The van der Waals surface area contributed by atoms with Gasteiger partial charge in [0, 0.05) is 17.1 Å². The Bertz CT molecular complexity index is 411. The number of benzene rings is 1. The number of rotatable bonds is 6. The molecule has 0 unspecified atom stereocenters. The van der Waals surface area contributed by atoms with Gasteiger partial charge in [0.2, 0.25) is 0 Å². The largest absolute Gasteiger partial charge is 0.467 e. The maximum atomic E-state index is 5.75. The van der Waals surface area contributed by atoms with Crippen molar-refractivity contribution in [2.24, 2.45) is 0 Å². The second-order valence-corrected chi connectivity index (χ2v) is 6.37. The Hall–Kier alpha value is -0.580. The molecule has 0 aliphatic heterocycles. The number of halogens is 1. The van der Waals surface area contributed by atoms with Gasteiger partial charge < -0.3 is 14.2 Å². The van der Waals surface area contributed by atoms with E-state index >= 15 is 0 Å². The molecule has 0 saturated heterocycles. The fourth-order valence-electron chi connectivity index (χ4n) is 1.67. The van der Waals surface area contributed by atoms with Crippen molar-refractivity contribution < 1.29 is 14.2 Å². The number of ether oxygens (including phenoxy) is 3. The van der Waals surface area contributed by atoms with Crippen LogP contribution in [0.3, 0.4) is 0 Å². The van der Waals surface area contributed by atoms with E-state index in [1.807, 2.05) is 6.07 Å². The third-order valence-electron chi connectivity index (χ3n) is 2.80. The summed E-state index contributed by atoms with van der Waals surface area (Å²) in [5.41, 5.74) is 2.35. The van der Waals surface area contributed by atoms with Crippen LogP contribution in [0, 0.1) is 6.92 Å². The first-order chi connectivity index (χ1) is 8.86. The van der Waals surface area contributed by atoms with Gasteiger partial charge in [0.1, 0.15) is 5.75 Å². The lowest BCUT2D eigenvalue weighted by molar-refractivity contribution is -0.00920. The fourth-order valence-corrected chi connectivity index (χ4v) is 2.01. The summed E-state index contributed by atoms with van der Waals surface area (Å²) in [6.07, 6.45) is 0. The average Bonchev–Trinajstić information content (AvgIpc) is 2.31. The molecule has 0 heterocycles. The van der Waals surface area contributed by atoms with Crippen LogP contribution < -0.4 is 4.74 Å². The monoisotopic (exact) mass is 330 g/mol. The summed E-state index contributed by atoms with van der Waals surface area (Å²) in [7, 11) is 1.65. The first kappa shape index (κ1) is 16.5. The summed E-state index contributed by atoms with van der Waals surface area (Å²) in [5, 5.41) is 0. The molecule has 108 valence electrons. The molecule has 19 heavy (non-hydrogen) atoms. The Morgan fingerprint density at radius 1 is 1.16 bits per heavy atom. The molecule has 3 nitrogen and oxygen atoms in total. The van der Waals surface area contributed by atoms with Crippen molar-refractivity contribution in [3.63, 3.8) is 0 Å². The minimum atomic E-state index is 0.0259. The van der Waals surface area contributed by atoms with E-state index in [1.54, 1.807) is 7.11 Å². The maximum absolute atomic E-state index is 5.75. The molecule has 0 fully saturated rings. The third kappa shape index (κ3) is 5.13. The number of aryl methyl sites for hydroxylation is 1. The Morgan fingerprint density at radius 3 is 2.42 bits per heavy atom. The van der Waals surface area contributed by atoms with Crippen LogP contribution in [-0.2, 0) is 14.9 Å². The van der Waals surface area contributed by atoms with Crippen molar-refractivity contribution in [3.8, 4) is 5.75 Å². The summed E-state index contributed by atoms with van der Waals surface area (Å²) in [6.45, 7) is 9.92. The van der Waals surface area contributed by atoms with Crippen LogP contribution in [0.5, 0.6) is 5.75 Å². The van der Waals surface area contributed by atoms with Gasteiger partial charge >= 0.3 is 0 Å². The van der Waals surface area contributed by atoms with Crippen molar-refractivity contribution in [1.82, 2.24) is 0 Å². The van der Waals surface area contributed by atoms with Crippen LogP contribution in [0.1, 0.15) is 31.9 Å². The summed E-state index contributed by atoms with van der Waals surface area (Å²) in [5.74, 6) is 0.880. The SMILES string of the molecule is COCCOCOc1cc(C)c(Br)cc1C(C)(C)C. The Morgan fingerprint density at radius 2 is 1.84 bits per heavy atom. The van der Waals surface area contributed by atoms with Crippen molar-refractivity contribution in [2.45, 2.75) is 33.1 Å². The molecular weight excluding hydrogens is 308 g/mol. The summed E-state index contributed by atoms with van der Waals surface area (Å²) >= 11 is 3.57. The zero-order chi connectivity index (χ0) is 14.5. The normalized spacial score (nSPS) is 11.7. The van der Waals surface area contributed by atoms with E-state index in [0.717, 1.165) is 15.8 Å². The standard InChI is InChI=1S/C15H23BrO3/c1-11-8-14(19-10-18-7-6-17-5)12(9-13(11)16)15(2,3)4/h8-9H,6-7,10H2,1-5H3. The van der Waals surface area contributed by atoms with Crippen LogP contribution in [0.4, 0.5) is 0 Å². The van der Waals surface area contributed by atoms with E-state index in [2.05, 4.69) is 49.7 Å². The highest BCUT2D eigenvalue weighted by molar-refractivity contribution is 9.10. The topological polar surface area (TPSA) is 27.7 Å². The Labute approximate surface area is 124 Å². The third-order valence-corrected chi connectivity index (χ3v) is 3.65. The first-order valence-electron chi connectivity index (χ1n) is 6.36. The number of methoxy groups -OCH3 is 1. The minimum absolute atomic E-state index is 0.0259. The number of hydrogen-bond acceptors (Lipinski definition) is 3. The molecule has 0 saturated carbocycles.